The van der Waals surface area contributed by atoms with Gasteiger partial charge in [0.1, 0.15) is 11.2 Å². The first-order valence-corrected chi connectivity index (χ1v) is 23.9. The molecule has 4 heterocycles. The zero-order valence-corrected chi connectivity index (χ0v) is 42.2. The number of pyridine rings is 3. The van der Waals surface area contributed by atoms with Crippen LogP contribution in [0.3, 0.4) is 0 Å². The molecule has 0 amide bonds. The van der Waals surface area contributed by atoms with Gasteiger partial charge in [-0.05, 0) is 94.1 Å². The maximum atomic E-state index is 6.44. The fourth-order valence-electron chi connectivity index (χ4n) is 8.96. The van der Waals surface area contributed by atoms with Crippen LogP contribution < -0.4 is 0 Å². The Bertz CT molecular complexity index is 3450. The number of benzene rings is 7. The molecule has 0 radical (unpaired) electrons. The van der Waals surface area contributed by atoms with Crippen molar-refractivity contribution in [2.24, 2.45) is 0 Å². The van der Waals surface area contributed by atoms with Crippen LogP contribution in [0.1, 0.15) is 22.3 Å². The first-order chi connectivity index (χ1) is 33.0. The third kappa shape index (κ3) is 9.58. The molecule has 0 spiro atoms. The molecule has 11 rings (SSSR count). The van der Waals surface area contributed by atoms with Gasteiger partial charge < -0.3 is 19.4 Å². The number of aromatic nitrogens is 3. The molecule has 68 heavy (non-hydrogen) atoms. The predicted octanol–water partition coefficient (Wildman–Crippen LogP) is 16.3. The number of furan rings is 1. The smallest absolute Gasteiger partial charge is 0.456 e. The fraction of sp³-hybridized carbons (Fsp3) is 0.0656. The Morgan fingerprint density at radius 2 is 0.912 bits per heavy atom. The maximum Gasteiger partial charge on any atom is 3.00 e. The summed E-state index contributed by atoms with van der Waals surface area (Å²) in [4.78, 5) is 13.8. The van der Waals surface area contributed by atoms with Crippen molar-refractivity contribution in [3.63, 3.8) is 0 Å². The van der Waals surface area contributed by atoms with E-state index in [1.54, 1.807) is 0 Å². The molecule has 0 atom stereocenters. The van der Waals surface area contributed by atoms with E-state index < -0.39 is 0 Å². The molecule has 4 aromatic heterocycles. The minimum absolute atomic E-state index is 0. The minimum Gasteiger partial charge on any atom is -0.456 e. The average Bonchev–Trinajstić information content (AvgIpc) is 3.76. The molecule has 0 bridgehead atoms. The predicted molar refractivity (Wildman–Crippen MR) is 279 cm³/mol. The van der Waals surface area contributed by atoms with Gasteiger partial charge in [0.05, 0.1) is 0 Å². The first kappa shape index (κ1) is 45.2. The van der Waals surface area contributed by atoms with E-state index in [2.05, 4.69) is 169 Å². The monoisotopic (exact) mass is 1180 g/mol. The Kier molecular flexibility index (Phi) is 13.5. The largest absolute Gasteiger partial charge is 3.00 e. The van der Waals surface area contributed by atoms with Crippen LogP contribution in [-0.2, 0) is 45.8 Å². The topological polar surface area (TPSA) is 51.8 Å². The Labute approximate surface area is 426 Å². The summed E-state index contributed by atoms with van der Waals surface area (Å²) in [6.45, 7) is 0. The first-order valence-electron chi connectivity index (χ1n) is 22.4. The van der Waals surface area contributed by atoms with Crippen molar-refractivity contribution in [1.29, 1.82) is 0 Å². The molecule has 0 N–H and O–H groups in total. The fourth-order valence-corrected chi connectivity index (χ4v) is 10.0. The second-order valence-corrected chi connectivity index (χ2v) is 18.4. The maximum absolute atomic E-state index is 6.44. The molecule has 0 unspecified atom stereocenters. The zero-order chi connectivity index (χ0) is 45.1. The van der Waals surface area contributed by atoms with E-state index in [9.17, 15) is 0 Å². The summed E-state index contributed by atoms with van der Waals surface area (Å²) in [6, 6.07) is 72.1. The summed E-state index contributed by atoms with van der Waals surface area (Å²) in [5.74, 6) is 0. The Morgan fingerprint density at radius 1 is 0.397 bits per heavy atom. The van der Waals surface area contributed by atoms with E-state index in [4.69, 9.17) is 9.40 Å². The van der Waals surface area contributed by atoms with Gasteiger partial charge in [-0.15, -0.1) is 82.4 Å². The van der Waals surface area contributed by atoms with Crippen molar-refractivity contribution in [1.82, 2.24) is 15.0 Å². The molecule has 0 aliphatic heterocycles. The van der Waals surface area contributed by atoms with E-state index >= 15 is 0 Å². The van der Waals surface area contributed by atoms with E-state index in [0.29, 0.717) is 0 Å². The number of hydrogen-bond acceptors (Lipinski definition) is 4. The van der Waals surface area contributed by atoms with Crippen molar-refractivity contribution in [3.8, 4) is 67.2 Å². The quantitative estimate of drug-likeness (QED) is 0.114. The molecule has 0 saturated heterocycles. The van der Waals surface area contributed by atoms with Gasteiger partial charge >= 0.3 is 20.1 Å². The van der Waals surface area contributed by atoms with E-state index in [0.717, 1.165) is 118 Å². The molecular formula is C61H40Br2IrN3O. The van der Waals surface area contributed by atoms with Crippen LogP contribution in [0.5, 0.6) is 0 Å². The minimum atomic E-state index is 0. The van der Waals surface area contributed by atoms with Crippen molar-refractivity contribution in [3.05, 3.63) is 244 Å². The standard InChI is InChI=1S/C61H40Br2N3O.Ir/c62-55-37-46(58-15-6-9-31-65-58)24-22-42(55)20-18-40-33-41(19-21-43-23-25-47(38-56(43)63)59-16-7-10-32-66-59)35-48(34-40)49-11-1-2-12-50(49)51-28-27-45(57-14-5-8-30-64-57)36-54(51)44-26-29-53-52-13-3-4-17-60(52)67-61(53)39-44;/h1-17,22-23,26,28-39H,18-21H2;/q-3;+3. The summed E-state index contributed by atoms with van der Waals surface area (Å²) in [6.07, 6.45) is 8.86. The summed E-state index contributed by atoms with van der Waals surface area (Å²) < 4.78 is 8.55. The Morgan fingerprint density at radius 3 is 1.49 bits per heavy atom. The van der Waals surface area contributed by atoms with Crippen LogP contribution in [0.2, 0.25) is 0 Å². The molecule has 4 nitrogen and oxygen atoms in total. The van der Waals surface area contributed by atoms with Gasteiger partial charge in [0.25, 0.3) is 0 Å². The number of para-hydroxylation sites is 1. The van der Waals surface area contributed by atoms with E-state index in [1.807, 2.05) is 85.3 Å². The molecular weight excluding hydrogens is 1140 g/mol. The van der Waals surface area contributed by atoms with Crippen LogP contribution in [0, 0.1) is 18.2 Å². The normalized spacial score (nSPS) is 11.2. The zero-order valence-electron chi connectivity index (χ0n) is 36.6. The number of rotatable bonds is 12. The number of fused-ring (bicyclic) bond motifs is 3. The number of hydrogen-bond donors (Lipinski definition) is 0. The van der Waals surface area contributed by atoms with Crippen molar-refractivity contribution in [2.45, 2.75) is 25.7 Å². The van der Waals surface area contributed by atoms with Gasteiger partial charge in [-0.25, -0.2) is 0 Å². The van der Waals surface area contributed by atoms with Gasteiger partial charge in [0.15, 0.2) is 0 Å². The van der Waals surface area contributed by atoms with Gasteiger partial charge in [-0.1, -0.05) is 173 Å². The summed E-state index contributed by atoms with van der Waals surface area (Å²) >= 11 is 7.78. The van der Waals surface area contributed by atoms with Crippen LogP contribution in [0.15, 0.2) is 208 Å². The molecule has 0 aliphatic carbocycles. The van der Waals surface area contributed by atoms with Gasteiger partial charge in [-0.3, -0.25) is 0 Å². The summed E-state index contributed by atoms with van der Waals surface area (Å²) in [5, 5.41) is 2.21. The summed E-state index contributed by atoms with van der Waals surface area (Å²) in [5.41, 5.74) is 18.9. The third-order valence-corrected chi connectivity index (χ3v) is 13.8. The molecule has 0 fully saturated rings. The van der Waals surface area contributed by atoms with Crippen LogP contribution in [-0.4, -0.2) is 15.0 Å². The molecule has 7 aromatic carbocycles. The number of aryl methyl sites for hydroxylation is 4. The van der Waals surface area contributed by atoms with Crippen LogP contribution in [0.25, 0.3) is 89.1 Å². The van der Waals surface area contributed by atoms with Gasteiger partial charge in [0, 0.05) is 29.4 Å². The third-order valence-electron chi connectivity index (χ3n) is 12.4. The molecule has 328 valence electrons. The number of halogens is 2. The number of nitrogens with zero attached hydrogens (tertiary/aromatic N) is 3. The van der Waals surface area contributed by atoms with Crippen molar-refractivity contribution >= 4 is 53.8 Å². The van der Waals surface area contributed by atoms with E-state index in [1.165, 1.54) is 27.8 Å². The van der Waals surface area contributed by atoms with Crippen LogP contribution in [0.4, 0.5) is 0 Å². The van der Waals surface area contributed by atoms with Crippen molar-refractivity contribution in [2.75, 3.05) is 0 Å². The average molecular weight is 1180 g/mol. The SMILES string of the molecule is Brc1cc(-c2ccccn2)[c-]cc1CCc1cc(CCc2c[c-]c(-c3ccccn3)cc2Br)cc(-c2ccccc2-c2c[c-]c(-c3ccccn3)cc2-c2ccc3c(c2)oc2ccccc23)c1.[Ir+3]. The molecule has 7 heteroatoms. The van der Waals surface area contributed by atoms with Gasteiger partial charge in [-0.2, -0.15) is 0 Å². The second-order valence-electron chi connectivity index (χ2n) is 16.7. The summed E-state index contributed by atoms with van der Waals surface area (Å²) in [7, 11) is 0. The van der Waals surface area contributed by atoms with Crippen molar-refractivity contribution < 1.29 is 24.5 Å². The van der Waals surface area contributed by atoms with E-state index in [-0.39, 0.29) is 20.1 Å². The molecule has 11 aromatic rings. The Balaban J connectivity index is 0.00000539. The van der Waals surface area contributed by atoms with Crippen LogP contribution >= 0.6 is 31.9 Å². The molecule has 0 saturated carbocycles. The van der Waals surface area contributed by atoms with Gasteiger partial charge in [0.2, 0.25) is 0 Å². The second kappa shape index (κ2) is 20.3. The Hall–Kier alpha value is -6.60. The molecule has 0 aliphatic rings.